The average Bonchev–Trinajstić information content (AvgIpc) is 2.75. The zero-order valence-corrected chi connectivity index (χ0v) is 7.72. The SMILES string of the molecule is O=[N+]([O-])c1cnn(C[C@@H]2CCCN2)c1. The summed E-state index contributed by atoms with van der Waals surface area (Å²) in [4.78, 5) is 9.96. The van der Waals surface area contributed by atoms with Gasteiger partial charge in [-0.25, -0.2) is 0 Å². The molecule has 76 valence electrons. The van der Waals surface area contributed by atoms with Gasteiger partial charge in [-0.3, -0.25) is 14.8 Å². The van der Waals surface area contributed by atoms with Crippen LogP contribution in [0.2, 0.25) is 0 Å². The first-order chi connectivity index (χ1) is 6.75. The average molecular weight is 196 g/mol. The van der Waals surface area contributed by atoms with Gasteiger partial charge in [0.2, 0.25) is 0 Å². The van der Waals surface area contributed by atoms with Gasteiger partial charge < -0.3 is 5.32 Å². The zero-order valence-electron chi connectivity index (χ0n) is 7.72. The summed E-state index contributed by atoms with van der Waals surface area (Å²) in [6.45, 7) is 1.75. The fraction of sp³-hybridized carbons (Fsp3) is 0.625. The van der Waals surface area contributed by atoms with Crippen LogP contribution < -0.4 is 5.32 Å². The predicted octanol–water partition coefficient (Wildman–Crippen LogP) is 0.543. The maximum Gasteiger partial charge on any atom is 0.306 e. The molecule has 1 aromatic rings. The molecule has 0 aliphatic carbocycles. The highest BCUT2D eigenvalue weighted by molar-refractivity contribution is 5.20. The van der Waals surface area contributed by atoms with Gasteiger partial charge in [0.05, 0.1) is 11.5 Å². The largest absolute Gasteiger partial charge is 0.312 e. The molecule has 1 saturated heterocycles. The summed E-state index contributed by atoms with van der Waals surface area (Å²) in [6.07, 6.45) is 5.05. The fourth-order valence-corrected chi connectivity index (χ4v) is 1.69. The lowest BCUT2D eigenvalue weighted by Gasteiger charge is -2.08. The van der Waals surface area contributed by atoms with Crippen molar-refractivity contribution in [1.29, 1.82) is 0 Å². The molecule has 0 radical (unpaired) electrons. The summed E-state index contributed by atoms with van der Waals surface area (Å²) < 4.78 is 1.63. The smallest absolute Gasteiger partial charge is 0.306 e. The Morgan fingerprint density at radius 3 is 3.21 bits per heavy atom. The lowest BCUT2D eigenvalue weighted by Crippen LogP contribution is -2.26. The number of aromatic nitrogens is 2. The highest BCUT2D eigenvalue weighted by atomic mass is 16.6. The zero-order chi connectivity index (χ0) is 9.97. The molecular formula is C8H12N4O2. The van der Waals surface area contributed by atoms with E-state index in [2.05, 4.69) is 10.4 Å². The van der Waals surface area contributed by atoms with Crippen LogP contribution in [0.15, 0.2) is 12.4 Å². The molecule has 6 nitrogen and oxygen atoms in total. The van der Waals surface area contributed by atoms with Crippen LogP contribution in [0, 0.1) is 10.1 Å². The Morgan fingerprint density at radius 2 is 2.64 bits per heavy atom. The second-order valence-electron chi connectivity index (χ2n) is 3.47. The standard InChI is InChI=1S/C8H12N4O2/c13-12(14)8-4-10-11(6-8)5-7-2-1-3-9-7/h4,6-7,9H,1-3,5H2/t7-/m0/s1. The minimum absolute atomic E-state index is 0.0583. The van der Waals surface area contributed by atoms with Crippen LogP contribution in [-0.2, 0) is 6.54 Å². The van der Waals surface area contributed by atoms with Gasteiger partial charge >= 0.3 is 5.69 Å². The Kier molecular flexibility index (Phi) is 2.45. The summed E-state index contributed by atoms with van der Waals surface area (Å²) in [5, 5.41) is 17.6. The normalized spacial score (nSPS) is 21.3. The van der Waals surface area contributed by atoms with Crippen molar-refractivity contribution in [2.24, 2.45) is 0 Å². The first-order valence-electron chi connectivity index (χ1n) is 4.66. The molecule has 0 aromatic carbocycles. The lowest BCUT2D eigenvalue weighted by atomic mass is 10.2. The number of hydrogen-bond donors (Lipinski definition) is 1. The molecule has 0 saturated carbocycles. The van der Waals surface area contributed by atoms with E-state index in [9.17, 15) is 10.1 Å². The number of nitrogens with zero attached hydrogens (tertiary/aromatic N) is 3. The lowest BCUT2D eigenvalue weighted by molar-refractivity contribution is -0.385. The van der Waals surface area contributed by atoms with Crippen molar-refractivity contribution in [2.45, 2.75) is 25.4 Å². The molecule has 1 aliphatic rings. The quantitative estimate of drug-likeness (QED) is 0.565. The van der Waals surface area contributed by atoms with E-state index in [1.807, 2.05) is 0 Å². The van der Waals surface area contributed by atoms with Crippen LogP contribution in [0.5, 0.6) is 0 Å². The maximum atomic E-state index is 10.4. The molecule has 0 bridgehead atoms. The Morgan fingerprint density at radius 1 is 1.79 bits per heavy atom. The molecule has 2 heterocycles. The number of rotatable bonds is 3. The van der Waals surface area contributed by atoms with Crippen LogP contribution in [0.3, 0.4) is 0 Å². The minimum Gasteiger partial charge on any atom is -0.312 e. The summed E-state index contributed by atoms with van der Waals surface area (Å²) in [6, 6.07) is 0.412. The first-order valence-corrected chi connectivity index (χ1v) is 4.66. The van der Waals surface area contributed by atoms with E-state index in [1.165, 1.54) is 18.8 Å². The van der Waals surface area contributed by atoms with E-state index >= 15 is 0 Å². The van der Waals surface area contributed by atoms with Gasteiger partial charge in [-0.05, 0) is 19.4 Å². The van der Waals surface area contributed by atoms with Crippen molar-refractivity contribution < 1.29 is 4.92 Å². The third-order valence-electron chi connectivity index (χ3n) is 2.40. The predicted molar refractivity (Wildman–Crippen MR) is 49.9 cm³/mol. The Labute approximate surface area is 81.1 Å². The highest BCUT2D eigenvalue weighted by Crippen LogP contribution is 2.11. The Balaban J connectivity index is 1.98. The van der Waals surface area contributed by atoms with Crippen molar-refractivity contribution in [3.63, 3.8) is 0 Å². The molecule has 1 N–H and O–H groups in total. The molecule has 0 spiro atoms. The van der Waals surface area contributed by atoms with Gasteiger partial charge in [0.1, 0.15) is 12.4 Å². The molecule has 1 fully saturated rings. The van der Waals surface area contributed by atoms with Crippen LogP contribution >= 0.6 is 0 Å². The molecule has 1 aliphatic heterocycles. The van der Waals surface area contributed by atoms with Crippen molar-refractivity contribution in [1.82, 2.24) is 15.1 Å². The maximum absolute atomic E-state index is 10.4. The third-order valence-corrected chi connectivity index (χ3v) is 2.40. The Bertz CT molecular complexity index is 330. The van der Waals surface area contributed by atoms with Gasteiger partial charge in [-0.2, -0.15) is 5.10 Å². The number of nitro groups is 1. The first kappa shape index (κ1) is 9.14. The second-order valence-corrected chi connectivity index (χ2v) is 3.47. The van der Waals surface area contributed by atoms with E-state index in [1.54, 1.807) is 4.68 Å². The van der Waals surface area contributed by atoms with Gasteiger partial charge in [0, 0.05) is 6.04 Å². The van der Waals surface area contributed by atoms with E-state index in [4.69, 9.17) is 0 Å². The van der Waals surface area contributed by atoms with Crippen LogP contribution in [-0.4, -0.2) is 27.3 Å². The highest BCUT2D eigenvalue weighted by Gasteiger charge is 2.16. The van der Waals surface area contributed by atoms with Crippen molar-refractivity contribution in [3.8, 4) is 0 Å². The number of nitrogens with one attached hydrogen (secondary N) is 1. The van der Waals surface area contributed by atoms with Crippen LogP contribution in [0.1, 0.15) is 12.8 Å². The van der Waals surface area contributed by atoms with Gasteiger partial charge in [-0.1, -0.05) is 0 Å². The molecule has 1 aromatic heterocycles. The van der Waals surface area contributed by atoms with Gasteiger partial charge in [0.25, 0.3) is 0 Å². The fourth-order valence-electron chi connectivity index (χ4n) is 1.69. The van der Waals surface area contributed by atoms with Crippen molar-refractivity contribution in [2.75, 3.05) is 6.54 Å². The summed E-state index contributed by atoms with van der Waals surface area (Å²) in [7, 11) is 0. The van der Waals surface area contributed by atoms with E-state index in [0.717, 1.165) is 13.0 Å². The van der Waals surface area contributed by atoms with E-state index in [0.29, 0.717) is 12.6 Å². The summed E-state index contributed by atoms with van der Waals surface area (Å²) in [5.41, 5.74) is 0.0583. The van der Waals surface area contributed by atoms with E-state index in [-0.39, 0.29) is 5.69 Å². The third kappa shape index (κ3) is 1.90. The second kappa shape index (κ2) is 3.75. The summed E-state index contributed by atoms with van der Waals surface area (Å²) >= 11 is 0. The van der Waals surface area contributed by atoms with Gasteiger partial charge in [-0.15, -0.1) is 0 Å². The minimum atomic E-state index is -0.425. The van der Waals surface area contributed by atoms with Crippen molar-refractivity contribution in [3.05, 3.63) is 22.5 Å². The topological polar surface area (TPSA) is 73.0 Å². The number of hydrogen-bond acceptors (Lipinski definition) is 4. The molecule has 1 atom stereocenters. The van der Waals surface area contributed by atoms with Crippen LogP contribution in [0.4, 0.5) is 5.69 Å². The Hall–Kier alpha value is -1.43. The molecule has 6 heteroatoms. The van der Waals surface area contributed by atoms with Crippen molar-refractivity contribution >= 4 is 5.69 Å². The molecule has 14 heavy (non-hydrogen) atoms. The molecular weight excluding hydrogens is 184 g/mol. The van der Waals surface area contributed by atoms with Crippen LogP contribution in [0.25, 0.3) is 0 Å². The molecule has 0 amide bonds. The monoisotopic (exact) mass is 196 g/mol. The van der Waals surface area contributed by atoms with Gasteiger partial charge in [0.15, 0.2) is 0 Å². The summed E-state index contributed by atoms with van der Waals surface area (Å²) in [5.74, 6) is 0. The van der Waals surface area contributed by atoms with E-state index < -0.39 is 4.92 Å². The molecule has 0 unspecified atom stereocenters. The molecule has 2 rings (SSSR count).